The summed E-state index contributed by atoms with van der Waals surface area (Å²) in [5.41, 5.74) is 3.80. The molecular weight excluding hydrogens is 262 g/mol. The Morgan fingerprint density at radius 3 is 2.33 bits per heavy atom. The Hall–Kier alpha value is -2.29. The number of methoxy groups -OCH3 is 1. The van der Waals surface area contributed by atoms with Gasteiger partial charge >= 0.3 is 0 Å². The lowest BCUT2D eigenvalue weighted by Gasteiger charge is -2.27. The number of carbonyl (C=O) groups is 1. The first-order chi connectivity index (χ1) is 10.1. The molecule has 0 saturated carbocycles. The van der Waals surface area contributed by atoms with E-state index in [-0.39, 0.29) is 5.78 Å². The number of carbonyl (C=O) groups excluding carboxylic acids is 1. The van der Waals surface area contributed by atoms with Crippen LogP contribution in [0.1, 0.15) is 29.8 Å². The molecule has 0 fully saturated rings. The van der Waals surface area contributed by atoms with Gasteiger partial charge in [-0.25, -0.2) is 0 Å². The second kappa shape index (κ2) is 6.44. The number of benzene rings is 2. The largest absolute Gasteiger partial charge is 0.496 e. The molecule has 2 rings (SSSR count). The van der Waals surface area contributed by atoms with E-state index < -0.39 is 0 Å². The topological polar surface area (TPSA) is 29.5 Å². The van der Waals surface area contributed by atoms with Crippen LogP contribution in [0.2, 0.25) is 0 Å². The number of anilines is 2. The van der Waals surface area contributed by atoms with E-state index in [1.165, 1.54) is 5.56 Å². The number of para-hydroxylation sites is 1. The van der Waals surface area contributed by atoms with Crippen molar-refractivity contribution >= 4 is 17.2 Å². The fourth-order valence-corrected chi connectivity index (χ4v) is 2.61. The molecule has 0 saturated heterocycles. The normalized spacial score (nSPS) is 10.3. The summed E-state index contributed by atoms with van der Waals surface area (Å²) < 4.78 is 5.36. The summed E-state index contributed by atoms with van der Waals surface area (Å²) in [6.45, 7) is 6.51. The van der Waals surface area contributed by atoms with E-state index in [0.29, 0.717) is 11.3 Å². The van der Waals surface area contributed by atoms with E-state index in [0.717, 1.165) is 17.9 Å². The summed E-state index contributed by atoms with van der Waals surface area (Å²) >= 11 is 0. The van der Waals surface area contributed by atoms with Crippen LogP contribution in [0, 0.1) is 6.92 Å². The van der Waals surface area contributed by atoms with Crippen molar-refractivity contribution in [3.63, 3.8) is 0 Å². The van der Waals surface area contributed by atoms with Gasteiger partial charge < -0.3 is 9.64 Å². The highest BCUT2D eigenvalue weighted by Crippen LogP contribution is 2.35. The Labute approximate surface area is 126 Å². The lowest BCUT2D eigenvalue weighted by atomic mass is 10.1. The standard InChI is InChI=1S/C18H21NO2/c1-5-19(15-10-7-6-9-13(15)2)16-11-8-12-17(21-4)18(16)14(3)20/h6-12H,5H2,1-4H3. The Balaban J connectivity index is 2.63. The lowest BCUT2D eigenvalue weighted by molar-refractivity contribution is 0.101. The lowest BCUT2D eigenvalue weighted by Crippen LogP contribution is -2.20. The van der Waals surface area contributed by atoms with E-state index in [9.17, 15) is 4.79 Å². The third-order valence-electron chi connectivity index (χ3n) is 3.59. The van der Waals surface area contributed by atoms with Gasteiger partial charge in [-0.3, -0.25) is 4.79 Å². The van der Waals surface area contributed by atoms with Gasteiger partial charge in [0.25, 0.3) is 0 Å². The molecule has 0 aromatic heterocycles. The highest BCUT2D eigenvalue weighted by molar-refractivity contribution is 6.03. The van der Waals surface area contributed by atoms with Gasteiger partial charge in [0.05, 0.1) is 18.4 Å². The first-order valence-electron chi connectivity index (χ1n) is 7.11. The minimum atomic E-state index is 0.00878. The summed E-state index contributed by atoms with van der Waals surface area (Å²) in [6, 6.07) is 13.9. The Morgan fingerprint density at radius 2 is 1.76 bits per heavy atom. The molecule has 2 aromatic carbocycles. The first-order valence-corrected chi connectivity index (χ1v) is 7.11. The smallest absolute Gasteiger partial charge is 0.165 e. The van der Waals surface area contributed by atoms with E-state index in [2.05, 4.69) is 30.9 Å². The minimum Gasteiger partial charge on any atom is -0.496 e. The number of Topliss-reactive ketones (excluding diaryl/α,β-unsaturated/α-hetero) is 1. The maximum Gasteiger partial charge on any atom is 0.165 e. The monoisotopic (exact) mass is 283 g/mol. The fourth-order valence-electron chi connectivity index (χ4n) is 2.61. The van der Waals surface area contributed by atoms with Crippen molar-refractivity contribution in [2.75, 3.05) is 18.6 Å². The van der Waals surface area contributed by atoms with Gasteiger partial charge in [-0.05, 0) is 44.5 Å². The molecule has 0 aliphatic heterocycles. The van der Waals surface area contributed by atoms with Crippen LogP contribution in [0.15, 0.2) is 42.5 Å². The number of ketones is 1. The number of hydrogen-bond donors (Lipinski definition) is 0. The maximum atomic E-state index is 12.1. The zero-order chi connectivity index (χ0) is 15.4. The molecule has 0 radical (unpaired) electrons. The molecular formula is C18H21NO2. The van der Waals surface area contributed by atoms with E-state index in [1.54, 1.807) is 14.0 Å². The van der Waals surface area contributed by atoms with Crippen molar-refractivity contribution in [3.05, 3.63) is 53.6 Å². The number of ether oxygens (including phenoxy) is 1. The predicted octanol–water partition coefficient (Wildman–Crippen LogP) is 4.36. The molecule has 3 nitrogen and oxygen atoms in total. The van der Waals surface area contributed by atoms with Gasteiger partial charge in [0.1, 0.15) is 5.75 Å². The Kier molecular flexibility index (Phi) is 4.63. The van der Waals surface area contributed by atoms with Crippen LogP contribution in [0.5, 0.6) is 5.75 Å². The molecule has 0 atom stereocenters. The summed E-state index contributed by atoms with van der Waals surface area (Å²) in [4.78, 5) is 14.2. The molecule has 0 bridgehead atoms. The van der Waals surface area contributed by atoms with Crippen molar-refractivity contribution < 1.29 is 9.53 Å². The van der Waals surface area contributed by atoms with Gasteiger partial charge in [0.2, 0.25) is 0 Å². The maximum absolute atomic E-state index is 12.1. The van der Waals surface area contributed by atoms with Crippen LogP contribution in [0.4, 0.5) is 11.4 Å². The van der Waals surface area contributed by atoms with Crippen molar-refractivity contribution in [3.8, 4) is 5.75 Å². The Morgan fingerprint density at radius 1 is 1.10 bits per heavy atom. The fraction of sp³-hybridized carbons (Fsp3) is 0.278. The number of hydrogen-bond acceptors (Lipinski definition) is 3. The van der Waals surface area contributed by atoms with Gasteiger partial charge in [0, 0.05) is 12.2 Å². The second-order valence-corrected chi connectivity index (χ2v) is 4.94. The SMILES string of the molecule is CCN(c1ccccc1C)c1cccc(OC)c1C(C)=O. The van der Waals surface area contributed by atoms with Crippen LogP contribution in [0.25, 0.3) is 0 Å². The van der Waals surface area contributed by atoms with Gasteiger partial charge in [0.15, 0.2) is 5.78 Å². The third-order valence-corrected chi connectivity index (χ3v) is 3.59. The molecule has 0 amide bonds. The average molecular weight is 283 g/mol. The molecule has 3 heteroatoms. The van der Waals surface area contributed by atoms with Crippen molar-refractivity contribution in [1.29, 1.82) is 0 Å². The second-order valence-electron chi connectivity index (χ2n) is 4.94. The molecule has 110 valence electrons. The highest BCUT2D eigenvalue weighted by Gasteiger charge is 2.19. The van der Waals surface area contributed by atoms with E-state index >= 15 is 0 Å². The van der Waals surface area contributed by atoms with Crippen molar-refractivity contribution in [2.24, 2.45) is 0 Å². The van der Waals surface area contributed by atoms with Crippen molar-refractivity contribution in [2.45, 2.75) is 20.8 Å². The van der Waals surface area contributed by atoms with E-state index in [4.69, 9.17) is 4.74 Å². The van der Waals surface area contributed by atoms with Crippen molar-refractivity contribution in [1.82, 2.24) is 0 Å². The number of aryl methyl sites for hydroxylation is 1. The summed E-state index contributed by atoms with van der Waals surface area (Å²) in [7, 11) is 1.59. The van der Waals surface area contributed by atoms with Gasteiger partial charge in [-0.1, -0.05) is 24.3 Å². The summed E-state index contributed by atoms with van der Waals surface area (Å²) in [6.07, 6.45) is 0. The highest BCUT2D eigenvalue weighted by atomic mass is 16.5. The molecule has 0 aliphatic carbocycles. The van der Waals surface area contributed by atoms with Crippen LogP contribution in [0.3, 0.4) is 0 Å². The average Bonchev–Trinajstić information content (AvgIpc) is 2.49. The quantitative estimate of drug-likeness (QED) is 0.763. The molecule has 0 spiro atoms. The third kappa shape index (κ3) is 2.92. The summed E-state index contributed by atoms with van der Waals surface area (Å²) in [5, 5.41) is 0. The molecule has 0 unspecified atom stereocenters. The molecule has 21 heavy (non-hydrogen) atoms. The Bertz CT molecular complexity index is 649. The zero-order valence-electron chi connectivity index (χ0n) is 13.0. The molecule has 0 N–H and O–H groups in total. The van der Waals surface area contributed by atoms with Crippen LogP contribution >= 0.6 is 0 Å². The van der Waals surface area contributed by atoms with Gasteiger partial charge in [-0.2, -0.15) is 0 Å². The summed E-state index contributed by atoms with van der Waals surface area (Å²) in [5.74, 6) is 0.626. The van der Waals surface area contributed by atoms with Crippen LogP contribution in [-0.4, -0.2) is 19.4 Å². The van der Waals surface area contributed by atoms with Gasteiger partial charge in [-0.15, -0.1) is 0 Å². The number of nitrogens with zero attached hydrogens (tertiary/aromatic N) is 1. The molecule has 0 aliphatic rings. The van der Waals surface area contributed by atoms with E-state index in [1.807, 2.05) is 30.3 Å². The van der Waals surface area contributed by atoms with Crippen LogP contribution in [-0.2, 0) is 0 Å². The minimum absolute atomic E-state index is 0.00878. The zero-order valence-corrected chi connectivity index (χ0v) is 13.0. The molecule has 2 aromatic rings. The number of rotatable bonds is 5. The molecule has 0 heterocycles. The van der Waals surface area contributed by atoms with Crippen LogP contribution < -0.4 is 9.64 Å². The predicted molar refractivity (Wildman–Crippen MR) is 86.9 cm³/mol. The first kappa shape index (κ1) is 15.1.